The number of benzene rings is 2. The van der Waals surface area contributed by atoms with E-state index in [0.29, 0.717) is 6.42 Å². The van der Waals surface area contributed by atoms with Crippen LogP contribution in [-0.4, -0.2) is 57.2 Å². The van der Waals surface area contributed by atoms with Crippen molar-refractivity contribution in [2.24, 2.45) is 5.73 Å². The molecule has 1 saturated heterocycles. The van der Waals surface area contributed by atoms with Crippen LogP contribution in [0, 0.1) is 0 Å². The number of primary amides is 1. The largest absolute Gasteiger partial charge is 0.497 e. The van der Waals surface area contributed by atoms with Gasteiger partial charge in [-0.05, 0) is 53.8 Å². The lowest BCUT2D eigenvalue weighted by Gasteiger charge is -2.37. The van der Waals surface area contributed by atoms with Crippen LogP contribution in [0.25, 0.3) is 0 Å². The van der Waals surface area contributed by atoms with Gasteiger partial charge in [-0.2, -0.15) is 0 Å². The first-order valence-corrected chi connectivity index (χ1v) is 10.8. The molecular weight excluding hydrogens is 378 g/mol. The summed E-state index contributed by atoms with van der Waals surface area (Å²) in [6.07, 6.45) is 2.33. The van der Waals surface area contributed by atoms with Crippen LogP contribution in [0.2, 0.25) is 0 Å². The normalized spacial score (nSPS) is 19.4. The molecule has 0 aromatic heterocycles. The molecule has 2 aliphatic heterocycles. The fourth-order valence-corrected chi connectivity index (χ4v) is 4.46. The number of fused-ring (bicyclic) bond motifs is 1. The molecule has 0 spiro atoms. The summed E-state index contributed by atoms with van der Waals surface area (Å²) in [7, 11) is 1.70. The molecule has 0 aliphatic carbocycles. The number of piperazine rings is 1. The van der Waals surface area contributed by atoms with Gasteiger partial charge in [0.05, 0.1) is 26.2 Å². The van der Waals surface area contributed by atoms with Crippen molar-refractivity contribution in [1.29, 1.82) is 0 Å². The Kier molecular flexibility index (Phi) is 6.55. The van der Waals surface area contributed by atoms with Gasteiger partial charge in [-0.25, -0.2) is 0 Å². The number of hydrogen-bond donors (Lipinski definition) is 1. The Morgan fingerprint density at radius 2 is 1.90 bits per heavy atom. The molecule has 6 nitrogen and oxygen atoms in total. The minimum absolute atomic E-state index is 0.135. The maximum absolute atomic E-state index is 11.2. The van der Waals surface area contributed by atoms with Crippen LogP contribution >= 0.6 is 0 Å². The predicted octanol–water partition coefficient (Wildman–Crippen LogP) is 2.55. The Hall–Kier alpha value is -2.57. The van der Waals surface area contributed by atoms with Crippen LogP contribution < -0.4 is 15.4 Å². The Morgan fingerprint density at radius 3 is 2.60 bits per heavy atom. The molecule has 2 aromatic rings. The highest BCUT2D eigenvalue weighted by atomic mass is 16.5. The van der Waals surface area contributed by atoms with Crippen LogP contribution in [0.1, 0.15) is 29.2 Å². The van der Waals surface area contributed by atoms with E-state index < -0.39 is 0 Å². The summed E-state index contributed by atoms with van der Waals surface area (Å²) in [4.78, 5) is 16.2. The number of hydrogen-bond acceptors (Lipinski definition) is 5. The number of amides is 1. The number of anilines is 1. The van der Waals surface area contributed by atoms with Crippen molar-refractivity contribution in [2.45, 2.75) is 25.4 Å². The molecule has 1 fully saturated rings. The van der Waals surface area contributed by atoms with Gasteiger partial charge in [0.15, 0.2) is 0 Å². The molecule has 1 amide bonds. The smallest absolute Gasteiger partial charge is 0.221 e. The van der Waals surface area contributed by atoms with Crippen molar-refractivity contribution in [3.05, 3.63) is 59.2 Å². The molecule has 1 atom stereocenters. The molecule has 30 heavy (non-hydrogen) atoms. The number of nitrogens with two attached hydrogens (primary N) is 1. The summed E-state index contributed by atoms with van der Waals surface area (Å²) < 4.78 is 11.3. The summed E-state index contributed by atoms with van der Waals surface area (Å²) in [5.41, 5.74) is 10.2. The van der Waals surface area contributed by atoms with Gasteiger partial charge in [-0.3, -0.25) is 9.69 Å². The molecule has 2 aliphatic rings. The van der Waals surface area contributed by atoms with Gasteiger partial charge in [-0.1, -0.05) is 18.2 Å². The summed E-state index contributed by atoms with van der Waals surface area (Å²) in [6.45, 7) is 5.95. The van der Waals surface area contributed by atoms with Crippen molar-refractivity contribution in [1.82, 2.24) is 4.90 Å². The maximum atomic E-state index is 11.2. The van der Waals surface area contributed by atoms with E-state index in [1.54, 1.807) is 7.11 Å². The molecule has 0 saturated carbocycles. The molecule has 6 heteroatoms. The first-order valence-electron chi connectivity index (χ1n) is 10.8. The first kappa shape index (κ1) is 20.7. The maximum Gasteiger partial charge on any atom is 0.221 e. The van der Waals surface area contributed by atoms with Crippen molar-refractivity contribution >= 4 is 11.6 Å². The number of nitrogens with zero attached hydrogens (tertiary/aromatic N) is 2. The third-order valence-corrected chi connectivity index (χ3v) is 6.14. The van der Waals surface area contributed by atoms with Crippen LogP contribution in [0.5, 0.6) is 5.75 Å². The fraction of sp³-hybridized carbons (Fsp3) is 0.458. The van der Waals surface area contributed by atoms with Crippen molar-refractivity contribution < 1.29 is 14.3 Å². The second kappa shape index (κ2) is 9.49. The van der Waals surface area contributed by atoms with E-state index in [9.17, 15) is 4.79 Å². The summed E-state index contributed by atoms with van der Waals surface area (Å²) in [5.74, 6) is 0.610. The lowest BCUT2D eigenvalue weighted by molar-refractivity contribution is -0.117. The molecule has 2 aromatic carbocycles. The van der Waals surface area contributed by atoms with Gasteiger partial charge < -0.3 is 20.1 Å². The zero-order valence-electron chi connectivity index (χ0n) is 17.7. The molecular formula is C24H31N3O3. The van der Waals surface area contributed by atoms with E-state index in [1.807, 2.05) is 18.2 Å². The van der Waals surface area contributed by atoms with E-state index in [1.165, 1.54) is 16.8 Å². The highest BCUT2D eigenvalue weighted by molar-refractivity contribution is 5.76. The fourth-order valence-electron chi connectivity index (χ4n) is 4.46. The average Bonchev–Trinajstić information content (AvgIpc) is 2.77. The lowest BCUT2D eigenvalue weighted by Crippen LogP contribution is -2.46. The minimum Gasteiger partial charge on any atom is -0.497 e. The lowest BCUT2D eigenvalue weighted by atomic mass is 9.93. The Bertz CT molecular complexity index is 860. The van der Waals surface area contributed by atoms with Crippen LogP contribution in [0.3, 0.4) is 0 Å². The van der Waals surface area contributed by atoms with Crippen molar-refractivity contribution in [3.8, 4) is 5.75 Å². The Balaban J connectivity index is 1.29. The van der Waals surface area contributed by atoms with Gasteiger partial charge in [-0.15, -0.1) is 0 Å². The van der Waals surface area contributed by atoms with E-state index in [-0.39, 0.29) is 12.0 Å². The molecule has 2 N–H and O–H groups in total. The van der Waals surface area contributed by atoms with E-state index >= 15 is 0 Å². The van der Waals surface area contributed by atoms with E-state index in [4.69, 9.17) is 15.2 Å². The quantitative estimate of drug-likeness (QED) is 0.761. The van der Waals surface area contributed by atoms with Crippen LogP contribution in [-0.2, 0) is 22.4 Å². The second-order valence-electron chi connectivity index (χ2n) is 8.10. The van der Waals surface area contributed by atoms with Gasteiger partial charge in [0.2, 0.25) is 5.91 Å². The zero-order chi connectivity index (χ0) is 20.9. The number of carbonyl (C=O) groups excluding carboxylic acids is 1. The number of rotatable bonds is 7. The van der Waals surface area contributed by atoms with Crippen LogP contribution in [0.4, 0.5) is 5.69 Å². The highest BCUT2D eigenvalue weighted by Crippen LogP contribution is 2.31. The molecule has 0 radical (unpaired) electrons. The number of methoxy groups -OCH3 is 1. The monoisotopic (exact) mass is 409 g/mol. The zero-order valence-corrected chi connectivity index (χ0v) is 17.7. The Labute approximate surface area is 178 Å². The van der Waals surface area contributed by atoms with E-state index in [0.717, 1.165) is 63.5 Å². The van der Waals surface area contributed by atoms with Gasteiger partial charge in [0, 0.05) is 38.4 Å². The van der Waals surface area contributed by atoms with Crippen LogP contribution in [0.15, 0.2) is 42.5 Å². The van der Waals surface area contributed by atoms with E-state index in [2.05, 4.69) is 34.1 Å². The SMILES string of the molecule is COc1ccc(N2CCN(CC[C@H]3OCCc4cc(CC(N)=O)ccc43)CC2)cc1. The molecule has 2 heterocycles. The standard InChI is InChI=1S/C24H31N3O3/c1-29-21-5-3-20(4-6-21)27-13-11-26(12-14-27)10-8-23-22-7-2-18(17-24(25)28)16-19(22)9-15-30-23/h2-7,16,23H,8-15,17H2,1H3,(H2,25,28)/t23-/m1/s1. The van der Waals surface area contributed by atoms with Gasteiger partial charge in [0.25, 0.3) is 0 Å². The summed E-state index contributed by atoms with van der Waals surface area (Å²) in [5, 5.41) is 0. The highest BCUT2D eigenvalue weighted by Gasteiger charge is 2.23. The average molecular weight is 410 g/mol. The molecule has 4 rings (SSSR count). The predicted molar refractivity (Wildman–Crippen MR) is 118 cm³/mol. The third kappa shape index (κ3) is 4.94. The molecule has 0 bridgehead atoms. The topological polar surface area (TPSA) is 68.0 Å². The number of ether oxygens (including phenoxy) is 2. The Morgan fingerprint density at radius 1 is 1.13 bits per heavy atom. The summed E-state index contributed by atoms with van der Waals surface area (Å²) in [6, 6.07) is 14.6. The third-order valence-electron chi connectivity index (χ3n) is 6.14. The number of carbonyl (C=O) groups is 1. The minimum atomic E-state index is -0.285. The van der Waals surface area contributed by atoms with Gasteiger partial charge in [0.1, 0.15) is 5.75 Å². The first-order chi connectivity index (χ1) is 14.6. The van der Waals surface area contributed by atoms with Gasteiger partial charge >= 0.3 is 0 Å². The van der Waals surface area contributed by atoms with Crippen molar-refractivity contribution in [2.75, 3.05) is 51.3 Å². The van der Waals surface area contributed by atoms with Crippen molar-refractivity contribution in [3.63, 3.8) is 0 Å². The molecule has 160 valence electrons. The second-order valence-corrected chi connectivity index (χ2v) is 8.10. The summed E-state index contributed by atoms with van der Waals surface area (Å²) >= 11 is 0. The molecule has 0 unspecified atom stereocenters.